The monoisotopic (exact) mass is 239 g/mol. The van der Waals surface area contributed by atoms with E-state index in [1.54, 1.807) is 0 Å². The average molecular weight is 239 g/mol. The molecule has 0 saturated carbocycles. The van der Waals surface area contributed by atoms with Crippen LogP contribution in [-0.4, -0.2) is 31.7 Å². The van der Waals surface area contributed by atoms with Crippen LogP contribution >= 0.6 is 0 Å². The van der Waals surface area contributed by atoms with Gasteiger partial charge < -0.3 is 14.8 Å². The van der Waals surface area contributed by atoms with Crippen molar-refractivity contribution in [1.29, 1.82) is 0 Å². The van der Waals surface area contributed by atoms with Gasteiger partial charge in [0.25, 0.3) is 5.91 Å². The van der Waals surface area contributed by atoms with Crippen molar-refractivity contribution < 1.29 is 23.5 Å². The summed E-state index contributed by atoms with van der Waals surface area (Å²) >= 11 is 0. The molecule has 0 bridgehead atoms. The Hall–Kier alpha value is -1.79. The number of carbonyl (C=O) groups excluding carboxylic acids is 2. The number of nitrogens with one attached hydrogen (secondary N) is 1. The highest BCUT2D eigenvalue weighted by molar-refractivity contribution is 6.25. The maximum absolute atomic E-state index is 13.1. The first-order valence-corrected chi connectivity index (χ1v) is 4.81. The molecule has 1 aromatic carbocycles. The standard InChI is InChI=1S/C11H10FNO4/c1-16-11(17-2)9(14)7-5-6(12)3-4-8(7)13-10(11)15/h3-5H,1-2H3,(H,13,15). The van der Waals surface area contributed by atoms with E-state index in [9.17, 15) is 14.0 Å². The summed E-state index contributed by atoms with van der Waals surface area (Å²) in [7, 11) is 2.34. The molecule has 17 heavy (non-hydrogen) atoms. The molecule has 0 aliphatic carbocycles. The zero-order valence-electron chi connectivity index (χ0n) is 9.24. The number of methoxy groups -OCH3 is 2. The minimum atomic E-state index is -2.04. The molecule has 5 nitrogen and oxygen atoms in total. The first kappa shape index (κ1) is 11.7. The molecule has 0 unspecified atom stereocenters. The Kier molecular flexibility index (Phi) is 2.68. The Labute approximate surface area is 96.5 Å². The quantitative estimate of drug-likeness (QED) is 0.616. The van der Waals surface area contributed by atoms with Gasteiger partial charge in [-0.3, -0.25) is 9.59 Å². The summed E-state index contributed by atoms with van der Waals surface area (Å²) in [4.78, 5) is 23.8. The van der Waals surface area contributed by atoms with Crippen LogP contribution in [0.4, 0.5) is 10.1 Å². The molecule has 2 rings (SSSR count). The number of amides is 1. The van der Waals surface area contributed by atoms with Crippen molar-refractivity contribution >= 4 is 17.4 Å². The van der Waals surface area contributed by atoms with E-state index in [4.69, 9.17) is 9.47 Å². The van der Waals surface area contributed by atoms with E-state index in [0.29, 0.717) is 0 Å². The lowest BCUT2D eigenvalue weighted by Crippen LogP contribution is -2.56. The fourth-order valence-electron chi connectivity index (χ4n) is 1.75. The Morgan fingerprint density at radius 1 is 1.24 bits per heavy atom. The van der Waals surface area contributed by atoms with Gasteiger partial charge in [-0.2, -0.15) is 0 Å². The van der Waals surface area contributed by atoms with Crippen LogP contribution in [0.15, 0.2) is 18.2 Å². The van der Waals surface area contributed by atoms with Gasteiger partial charge in [-0.25, -0.2) is 4.39 Å². The van der Waals surface area contributed by atoms with Gasteiger partial charge in [-0.05, 0) is 18.2 Å². The van der Waals surface area contributed by atoms with Crippen molar-refractivity contribution in [2.24, 2.45) is 0 Å². The van der Waals surface area contributed by atoms with Crippen LogP contribution in [0.5, 0.6) is 0 Å². The lowest BCUT2D eigenvalue weighted by atomic mass is 9.96. The first-order valence-electron chi connectivity index (χ1n) is 4.81. The summed E-state index contributed by atoms with van der Waals surface area (Å²) in [5, 5.41) is 2.43. The molecule has 0 spiro atoms. The number of fused-ring (bicyclic) bond motifs is 1. The summed E-state index contributed by atoms with van der Waals surface area (Å²) in [5.74, 6) is -4.07. The third-order valence-corrected chi connectivity index (χ3v) is 2.65. The zero-order valence-corrected chi connectivity index (χ0v) is 9.24. The van der Waals surface area contributed by atoms with Crippen LogP contribution in [-0.2, 0) is 14.3 Å². The second kappa shape index (κ2) is 3.90. The maximum Gasteiger partial charge on any atom is 0.315 e. The fourth-order valence-corrected chi connectivity index (χ4v) is 1.75. The van der Waals surface area contributed by atoms with Crippen molar-refractivity contribution in [3.05, 3.63) is 29.6 Å². The number of hydrogen-bond acceptors (Lipinski definition) is 4. The number of halogens is 1. The van der Waals surface area contributed by atoms with E-state index in [-0.39, 0.29) is 11.3 Å². The lowest BCUT2D eigenvalue weighted by molar-refractivity contribution is -0.182. The smallest absolute Gasteiger partial charge is 0.315 e. The highest BCUT2D eigenvalue weighted by Crippen LogP contribution is 2.31. The topological polar surface area (TPSA) is 64.6 Å². The summed E-state index contributed by atoms with van der Waals surface area (Å²) in [6.45, 7) is 0. The summed E-state index contributed by atoms with van der Waals surface area (Å²) in [6, 6.07) is 3.50. The minimum Gasteiger partial charge on any atom is -0.339 e. The molecule has 1 aliphatic heterocycles. The molecule has 0 fully saturated rings. The number of benzene rings is 1. The van der Waals surface area contributed by atoms with Crippen LogP contribution in [0.2, 0.25) is 0 Å². The van der Waals surface area contributed by atoms with E-state index in [2.05, 4.69) is 5.32 Å². The second-order valence-electron chi connectivity index (χ2n) is 3.50. The van der Waals surface area contributed by atoms with Crippen LogP contribution in [0, 0.1) is 5.82 Å². The van der Waals surface area contributed by atoms with Crippen LogP contribution in [0.3, 0.4) is 0 Å². The Morgan fingerprint density at radius 3 is 2.47 bits per heavy atom. The van der Waals surface area contributed by atoms with E-state index in [0.717, 1.165) is 12.1 Å². The van der Waals surface area contributed by atoms with E-state index in [1.807, 2.05) is 0 Å². The molecule has 1 N–H and O–H groups in total. The van der Waals surface area contributed by atoms with Gasteiger partial charge in [0.2, 0.25) is 5.78 Å². The molecular formula is C11H10FNO4. The van der Waals surface area contributed by atoms with E-state index < -0.39 is 23.3 Å². The molecule has 1 aromatic rings. The third-order valence-electron chi connectivity index (χ3n) is 2.65. The third kappa shape index (κ3) is 1.53. The molecule has 0 atom stereocenters. The van der Waals surface area contributed by atoms with E-state index >= 15 is 0 Å². The van der Waals surface area contributed by atoms with Gasteiger partial charge in [0, 0.05) is 14.2 Å². The lowest BCUT2D eigenvalue weighted by Gasteiger charge is -2.32. The molecule has 1 heterocycles. The predicted octanol–water partition coefficient (Wildman–Crippen LogP) is 0.950. The number of anilines is 1. The molecule has 1 amide bonds. The highest BCUT2D eigenvalue weighted by atomic mass is 19.1. The van der Waals surface area contributed by atoms with Gasteiger partial charge in [-0.1, -0.05) is 0 Å². The highest BCUT2D eigenvalue weighted by Gasteiger charge is 2.51. The van der Waals surface area contributed by atoms with Gasteiger partial charge in [0.05, 0.1) is 11.3 Å². The number of rotatable bonds is 2. The maximum atomic E-state index is 13.1. The van der Waals surface area contributed by atoms with Crippen molar-refractivity contribution in [2.75, 3.05) is 19.5 Å². The van der Waals surface area contributed by atoms with Crippen molar-refractivity contribution in [3.8, 4) is 0 Å². The summed E-state index contributed by atoms with van der Waals surface area (Å²) in [5.41, 5.74) is 0.263. The molecule has 0 saturated heterocycles. The van der Waals surface area contributed by atoms with Crippen molar-refractivity contribution in [1.82, 2.24) is 0 Å². The van der Waals surface area contributed by atoms with Crippen LogP contribution < -0.4 is 5.32 Å². The Balaban J connectivity index is 2.60. The zero-order chi connectivity index (χ0) is 12.6. The van der Waals surface area contributed by atoms with Crippen molar-refractivity contribution in [3.63, 3.8) is 0 Å². The summed E-state index contributed by atoms with van der Waals surface area (Å²) < 4.78 is 22.8. The van der Waals surface area contributed by atoms with Crippen molar-refractivity contribution in [2.45, 2.75) is 5.79 Å². The van der Waals surface area contributed by atoms with E-state index in [1.165, 1.54) is 20.3 Å². The number of ether oxygens (including phenoxy) is 2. The number of Topliss-reactive ketones (excluding diaryl/α,β-unsaturated/α-hetero) is 1. The fraction of sp³-hybridized carbons (Fsp3) is 0.273. The Morgan fingerprint density at radius 2 is 1.88 bits per heavy atom. The largest absolute Gasteiger partial charge is 0.339 e. The summed E-state index contributed by atoms with van der Waals surface area (Å²) in [6.07, 6.45) is 0. The number of ketones is 1. The minimum absolute atomic E-state index is 0.0216. The number of hydrogen-bond donors (Lipinski definition) is 1. The molecule has 0 radical (unpaired) electrons. The normalized spacial score (nSPS) is 17.6. The Bertz CT molecular complexity index is 496. The van der Waals surface area contributed by atoms with Gasteiger partial charge in [0.15, 0.2) is 0 Å². The van der Waals surface area contributed by atoms with Gasteiger partial charge in [0.1, 0.15) is 5.82 Å². The molecule has 1 aliphatic rings. The second-order valence-corrected chi connectivity index (χ2v) is 3.50. The van der Waals surface area contributed by atoms with Crippen LogP contribution in [0.1, 0.15) is 10.4 Å². The number of carbonyl (C=O) groups is 2. The SMILES string of the molecule is COC1(OC)C(=O)Nc2ccc(F)cc2C1=O. The van der Waals surface area contributed by atoms with Gasteiger partial charge in [-0.15, -0.1) is 0 Å². The van der Waals surface area contributed by atoms with Crippen LogP contribution in [0.25, 0.3) is 0 Å². The molecule has 90 valence electrons. The molecular weight excluding hydrogens is 229 g/mol. The van der Waals surface area contributed by atoms with Gasteiger partial charge >= 0.3 is 5.79 Å². The first-order chi connectivity index (χ1) is 8.05. The average Bonchev–Trinajstić information content (AvgIpc) is 2.32. The molecule has 6 heteroatoms. The molecule has 0 aromatic heterocycles. The predicted molar refractivity (Wildman–Crippen MR) is 56.1 cm³/mol.